The third-order valence-corrected chi connectivity index (χ3v) is 5.46. The fourth-order valence-electron chi connectivity index (χ4n) is 3.71. The maximum atomic E-state index is 13.3. The lowest BCUT2D eigenvalue weighted by Gasteiger charge is -2.07. The predicted molar refractivity (Wildman–Crippen MR) is 120 cm³/mol. The van der Waals surface area contributed by atoms with Crippen LogP contribution in [0.3, 0.4) is 0 Å². The van der Waals surface area contributed by atoms with Crippen LogP contribution in [0.25, 0.3) is 10.9 Å². The number of benzene rings is 3. The van der Waals surface area contributed by atoms with Crippen LogP contribution >= 0.6 is 11.6 Å². The number of amides is 1. The number of halogens is 2. The summed E-state index contributed by atoms with van der Waals surface area (Å²) in [6.07, 6.45) is 3.43. The third-order valence-electron chi connectivity index (χ3n) is 5.23. The van der Waals surface area contributed by atoms with Gasteiger partial charge < -0.3 is 9.88 Å². The van der Waals surface area contributed by atoms with Crippen molar-refractivity contribution in [2.75, 3.05) is 6.54 Å². The van der Waals surface area contributed by atoms with Gasteiger partial charge in [-0.3, -0.25) is 4.79 Å². The summed E-state index contributed by atoms with van der Waals surface area (Å²) in [6.45, 7) is 0.537. The normalized spacial score (nSPS) is 11.0. The first kappa shape index (κ1) is 20.2. The minimum atomic E-state index is -0.239. The van der Waals surface area contributed by atoms with Crippen LogP contribution in [0.15, 0.2) is 72.9 Å². The van der Waals surface area contributed by atoms with Crippen LogP contribution < -0.4 is 5.32 Å². The van der Waals surface area contributed by atoms with E-state index in [1.54, 1.807) is 6.07 Å². The maximum Gasteiger partial charge on any atom is 0.251 e. The van der Waals surface area contributed by atoms with Gasteiger partial charge in [-0.1, -0.05) is 35.9 Å². The largest absolute Gasteiger partial charge is 0.352 e. The number of aryl methyl sites for hydroxylation is 1. The van der Waals surface area contributed by atoms with Gasteiger partial charge in [0.2, 0.25) is 0 Å². The average molecular weight is 421 g/mol. The van der Waals surface area contributed by atoms with Crippen LogP contribution in [-0.4, -0.2) is 17.0 Å². The van der Waals surface area contributed by atoms with Crippen LogP contribution in [0.4, 0.5) is 4.39 Å². The molecule has 0 spiro atoms. The smallest absolute Gasteiger partial charge is 0.251 e. The van der Waals surface area contributed by atoms with E-state index in [1.807, 2.05) is 55.6 Å². The Morgan fingerprint density at radius 1 is 1.03 bits per heavy atom. The lowest BCUT2D eigenvalue weighted by atomic mass is 10.0. The number of aromatic nitrogens is 1. The molecule has 5 heteroatoms. The van der Waals surface area contributed by atoms with E-state index in [-0.39, 0.29) is 11.7 Å². The number of fused-ring (bicyclic) bond motifs is 1. The van der Waals surface area contributed by atoms with Crippen molar-refractivity contribution in [2.24, 2.45) is 7.05 Å². The molecule has 0 saturated carbocycles. The van der Waals surface area contributed by atoms with Crippen LogP contribution in [0, 0.1) is 5.82 Å². The molecule has 30 heavy (non-hydrogen) atoms. The Morgan fingerprint density at radius 3 is 2.60 bits per heavy atom. The molecular formula is C25H22ClFN2O. The SMILES string of the molecule is Cn1cc(CCNC(=O)c2ccc(Cc3cccc(F)c3)cc2)c2cc(Cl)ccc21. The van der Waals surface area contributed by atoms with Crippen molar-refractivity contribution in [3.8, 4) is 0 Å². The summed E-state index contributed by atoms with van der Waals surface area (Å²) in [4.78, 5) is 12.5. The highest BCUT2D eigenvalue weighted by molar-refractivity contribution is 6.31. The first-order chi connectivity index (χ1) is 14.5. The Labute approximate surface area is 180 Å². The summed E-state index contributed by atoms with van der Waals surface area (Å²) < 4.78 is 15.4. The van der Waals surface area contributed by atoms with Gasteiger partial charge in [0, 0.05) is 41.3 Å². The van der Waals surface area contributed by atoms with Crippen LogP contribution in [-0.2, 0) is 19.9 Å². The van der Waals surface area contributed by atoms with E-state index in [2.05, 4.69) is 16.1 Å². The summed E-state index contributed by atoms with van der Waals surface area (Å²) in [5, 5.41) is 4.80. The molecule has 0 fully saturated rings. The summed E-state index contributed by atoms with van der Waals surface area (Å²) in [6, 6.07) is 19.8. The van der Waals surface area contributed by atoms with Crippen LogP contribution in [0.2, 0.25) is 5.02 Å². The molecule has 0 aliphatic carbocycles. The molecule has 0 unspecified atom stereocenters. The van der Waals surface area contributed by atoms with Crippen molar-refractivity contribution in [1.29, 1.82) is 0 Å². The highest BCUT2D eigenvalue weighted by atomic mass is 35.5. The third kappa shape index (κ3) is 4.55. The fraction of sp³-hybridized carbons (Fsp3) is 0.160. The first-order valence-corrected chi connectivity index (χ1v) is 10.2. The van der Waals surface area contributed by atoms with E-state index in [4.69, 9.17) is 11.6 Å². The van der Waals surface area contributed by atoms with Gasteiger partial charge in [0.15, 0.2) is 0 Å². The summed E-state index contributed by atoms with van der Waals surface area (Å²) in [7, 11) is 2.00. The van der Waals surface area contributed by atoms with Crippen molar-refractivity contribution in [1.82, 2.24) is 9.88 Å². The molecular weight excluding hydrogens is 399 g/mol. The zero-order valence-electron chi connectivity index (χ0n) is 16.7. The number of nitrogens with one attached hydrogen (secondary N) is 1. The molecule has 152 valence electrons. The molecule has 0 saturated heterocycles. The van der Waals surface area contributed by atoms with Gasteiger partial charge in [-0.15, -0.1) is 0 Å². The Kier molecular flexibility index (Phi) is 5.86. The molecule has 1 aromatic heterocycles. The molecule has 0 radical (unpaired) electrons. The number of nitrogens with zero attached hydrogens (tertiary/aromatic N) is 1. The van der Waals surface area contributed by atoms with Crippen LogP contribution in [0.1, 0.15) is 27.0 Å². The van der Waals surface area contributed by atoms with Crippen molar-refractivity contribution in [3.05, 3.63) is 106 Å². The summed E-state index contributed by atoms with van der Waals surface area (Å²) in [5.74, 6) is -0.345. The van der Waals surface area contributed by atoms with Gasteiger partial charge in [0.1, 0.15) is 5.82 Å². The highest BCUT2D eigenvalue weighted by Crippen LogP contribution is 2.24. The molecule has 1 amide bonds. The van der Waals surface area contributed by atoms with E-state index in [1.165, 1.54) is 12.1 Å². The van der Waals surface area contributed by atoms with Gasteiger partial charge >= 0.3 is 0 Å². The topological polar surface area (TPSA) is 34.0 Å². The predicted octanol–water partition coefficient (Wildman–Crippen LogP) is 5.53. The zero-order chi connectivity index (χ0) is 21.1. The molecule has 0 aliphatic heterocycles. The Bertz CT molecular complexity index is 1200. The standard InChI is InChI=1S/C25H22ClFN2O/c1-29-16-20(23-15-21(26)9-10-24(23)29)11-12-28-25(30)19-7-5-17(6-8-19)13-18-3-2-4-22(27)14-18/h2-10,14-16H,11-13H2,1H3,(H,28,30). The molecule has 4 rings (SSSR count). The lowest BCUT2D eigenvalue weighted by molar-refractivity contribution is 0.0954. The maximum absolute atomic E-state index is 13.3. The number of rotatable bonds is 6. The fourth-order valence-corrected chi connectivity index (χ4v) is 3.89. The monoisotopic (exact) mass is 420 g/mol. The number of carbonyl (C=O) groups is 1. The van der Waals surface area contributed by atoms with E-state index in [0.29, 0.717) is 23.6 Å². The Morgan fingerprint density at radius 2 is 1.83 bits per heavy atom. The van der Waals surface area contributed by atoms with Gasteiger partial charge in [-0.2, -0.15) is 0 Å². The minimum Gasteiger partial charge on any atom is -0.352 e. The summed E-state index contributed by atoms with van der Waals surface area (Å²) >= 11 is 6.14. The molecule has 0 atom stereocenters. The van der Waals surface area contributed by atoms with Crippen molar-refractivity contribution >= 4 is 28.4 Å². The quantitative estimate of drug-likeness (QED) is 0.437. The second kappa shape index (κ2) is 8.72. The molecule has 4 aromatic rings. The molecule has 0 bridgehead atoms. The number of hydrogen-bond acceptors (Lipinski definition) is 1. The minimum absolute atomic E-state index is 0.106. The molecule has 1 N–H and O–H groups in total. The van der Waals surface area contributed by atoms with E-state index in [0.717, 1.165) is 34.0 Å². The van der Waals surface area contributed by atoms with Gasteiger partial charge in [0.25, 0.3) is 5.91 Å². The van der Waals surface area contributed by atoms with E-state index >= 15 is 0 Å². The molecule has 3 nitrogen and oxygen atoms in total. The first-order valence-electron chi connectivity index (χ1n) is 9.84. The van der Waals surface area contributed by atoms with Crippen molar-refractivity contribution in [2.45, 2.75) is 12.8 Å². The van der Waals surface area contributed by atoms with E-state index < -0.39 is 0 Å². The molecule has 1 heterocycles. The number of carbonyl (C=O) groups excluding carboxylic acids is 1. The van der Waals surface area contributed by atoms with Gasteiger partial charge in [-0.05, 0) is 72.0 Å². The Hall–Kier alpha value is -3.11. The van der Waals surface area contributed by atoms with Gasteiger partial charge in [-0.25, -0.2) is 4.39 Å². The van der Waals surface area contributed by atoms with Crippen LogP contribution in [0.5, 0.6) is 0 Å². The van der Waals surface area contributed by atoms with Gasteiger partial charge in [0.05, 0.1) is 0 Å². The average Bonchev–Trinajstić information content (AvgIpc) is 3.03. The summed E-state index contributed by atoms with van der Waals surface area (Å²) in [5.41, 5.74) is 4.82. The lowest BCUT2D eigenvalue weighted by Crippen LogP contribution is -2.25. The van der Waals surface area contributed by atoms with E-state index in [9.17, 15) is 9.18 Å². The van der Waals surface area contributed by atoms with Crippen molar-refractivity contribution in [3.63, 3.8) is 0 Å². The number of hydrogen-bond donors (Lipinski definition) is 1. The van der Waals surface area contributed by atoms with Crippen molar-refractivity contribution < 1.29 is 9.18 Å². The Balaban J connectivity index is 1.36. The second-order valence-electron chi connectivity index (χ2n) is 7.44. The zero-order valence-corrected chi connectivity index (χ0v) is 17.4. The molecule has 0 aliphatic rings. The second-order valence-corrected chi connectivity index (χ2v) is 7.87. The molecule has 3 aromatic carbocycles. The highest BCUT2D eigenvalue weighted by Gasteiger charge is 2.09.